The van der Waals surface area contributed by atoms with Gasteiger partial charge in [0.2, 0.25) is 5.78 Å². The molecule has 0 saturated heterocycles. The maximum absolute atomic E-state index is 11.7. The minimum atomic E-state index is -1.01. The summed E-state index contributed by atoms with van der Waals surface area (Å²) in [6, 6.07) is 0. The first-order valence-electron chi connectivity index (χ1n) is 5.70. The van der Waals surface area contributed by atoms with Crippen molar-refractivity contribution in [1.82, 2.24) is 5.32 Å². The molecule has 7 heteroatoms. The second-order valence-electron chi connectivity index (χ2n) is 5.24. The Bertz CT molecular complexity index is 389. The van der Waals surface area contributed by atoms with Gasteiger partial charge in [-0.25, -0.2) is 0 Å². The van der Waals surface area contributed by atoms with E-state index in [2.05, 4.69) is 5.32 Å². The van der Waals surface area contributed by atoms with Crippen molar-refractivity contribution in [3.63, 3.8) is 0 Å². The number of carbonyl (C=O) groups is 1. The van der Waals surface area contributed by atoms with E-state index in [0.29, 0.717) is 6.42 Å². The lowest BCUT2D eigenvalue weighted by Crippen LogP contribution is -2.37. The number of rotatable bonds is 5. The molecule has 3 N–H and O–H groups in total. The van der Waals surface area contributed by atoms with Crippen LogP contribution in [0.25, 0.3) is 0 Å². The van der Waals surface area contributed by atoms with Crippen molar-refractivity contribution >= 4 is 5.78 Å². The van der Waals surface area contributed by atoms with Crippen LogP contribution < -0.4 is 5.32 Å². The number of hydrogen-bond donors (Lipinski definition) is 3. The first-order valence-corrected chi connectivity index (χ1v) is 5.70. The predicted molar refractivity (Wildman–Crippen MR) is 63.1 cm³/mol. The lowest BCUT2D eigenvalue weighted by Gasteiger charge is -2.29. The standard InChI is InChI=1S/C11H18N2O5/c1-11(2)3-8(12-5-7(15)6-14)10(13(17)18)9(16)4-11/h7,12,14-15H,3-6H2,1-2H3/t7-/m0/s1. The Kier molecular flexibility index (Phi) is 4.42. The van der Waals surface area contributed by atoms with Crippen LogP contribution in [0.1, 0.15) is 26.7 Å². The number of allylic oxidation sites excluding steroid dienone is 2. The second-order valence-corrected chi connectivity index (χ2v) is 5.24. The summed E-state index contributed by atoms with van der Waals surface area (Å²) in [5, 5.41) is 31.5. The third kappa shape index (κ3) is 3.51. The van der Waals surface area contributed by atoms with Crippen molar-refractivity contribution < 1.29 is 19.9 Å². The van der Waals surface area contributed by atoms with Crippen molar-refractivity contribution in [2.75, 3.05) is 13.2 Å². The normalized spacial score (nSPS) is 20.8. The maximum Gasteiger partial charge on any atom is 0.330 e. The number of nitrogens with one attached hydrogen (secondary N) is 1. The van der Waals surface area contributed by atoms with Gasteiger partial charge in [-0.15, -0.1) is 0 Å². The van der Waals surface area contributed by atoms with Crippen LogP contribution >= 0.6 is 0 Å². The molecule has 1 rings (SSSR count). The van der Waals surface area contributed by atoms with Gasteiger partial charge < -0.3 is 15.5 Å². The highest BCUT2D eigenvalue weighted by Gasteiger charge is 2.39. The quantitative estimate of drug-likeness (QED) is 0.465. The largest absolute Gasteiger partial charge is 0.394 e. The molecule has 0 aromatic rings. The van der Waals surface area contributed by atoms with Gasteiger partial charge in [0.05, 0.1) is 23.3 Å². The fraction of sp³-hybridized carbons (Fsp3) is 0.727. The molecule has 0 fully saturated rings. The summed E-state index contributed by atoms with van der Waals surface area (Å²) in [6.45, 7) is 3.25. The van der Waals surface area contributed by atoms with Gasteiger partial charge in [-0.2, -0.15) is 0 Å². The molecule has 0 amide bonds. The van der Waals surface area contributed by atoms with Gasteiger partial charge in [0, 0.05) is 13.0 Å². The number of aliphatic hydroxyl groups is 2. The zero-order valence-corrected chi connectivity index (χ0v) is 10.5. The molecule has 1 atom stereocenters. The van der Waals surface area contributed by atoms with E-state index in [1.807, 2.05) is 13.8 Å². The zero-order chi connectivity index (χ0) is 13.9. The monoisotopic (exact) mass is 258 g/mol. The molecule has 0 spiro atoms. The number of hydrogen-bond acceptors (Lipinski definition) is 6. The Morgan fingerprint density at radius 1 is 1.50 bits per heavy atom. The summed E-state index contributed by atoms with van der Waals surface area (Å²) in [4.78, 5) is 21.9. The van der Waals surface area contributed by atoms with Crippen molar-refractivity contribution in [3.8, 4) is 0 Å². The Balaban J connectivity index is 2.94. The number of nitro groups is 1. The third-order valence-corrected chi connectivity index (χ3v) is 2.79. The van der Waals surface area contributed by atoms with Gasteiger partial charge in [-0.1, -0.05) is 13.8 Å². The van der Waals surface area contributed by atoms with Crippen molar-refractivity contribution in [1.29, 1.82) is 0 Å². The van der Waals surface area contributed by atoms with Crippen LogP contribution in [0.15, 0.2) is 11.4 Å². The number of nitrogens with zero attached hydrogens (tertiary/aromatic N) is 1. The lowest BCUT2D eigenvalue weighted by atomic mass is 9.77. The van der Waals surface area contributed by atoms with E-state index < -0.39 is 29.1 Å². The third-order valence-electron chi connectivity index (χ3n) is 2.79. The van der Waals surface area contributed by atoms with Crippen LogP contribution in [0, 0.1) is 15.5 Å². The van der Waals surface area contributed by atoms with Crippen LogP contribution in [0.5, 0.6) is 0 Å². The van der Waals surface area contributed by atoms with Crippen molar-refractivity contribution in [2.24, 2.45) is 5.41 Å². The minimum Gasteiger partial charge on any atom is -0.394 e. The average Bonchev–Trinajstić information content (AvgIpc) is 2.22. The van der Waals surface area contributed by atoms with Crippen molar-refractivity contribution in [2.45, 2.75) is 32.8 Å². The number of carbonyl (C=O) groups excluding carboxylic acids is 1. The lowest BCUT2D eigenvalue weighted by molar-refractivity contribution is -0.421. The fourth-order valence-corrected chi connectivity index (χ4v) is 1.98. The highest BCUT2D eigenvalue weighted by atomic mass is 16.6. The molecule has 0 aromatic heterocycles. The van der Waals surface area contributed by atoms with Crippen LogP contribution in [0.4, 0.5) is 0 Å². The highest BCUT2D eigenvalue weighted by Crippen LogP contribution is 2.35. The molecule has 0 heterocycles. The molecule has 0 aliphatic heterocycles. The maximum atomic E-state index is 11.7. The van der Waals surface area contributed by atoms with E-state index >= 15 is 0 Å². The first kappa shape index (κ1) is 14.6. The topological polar surface area (TPSA) is 113 Å². The Morgan fingerprint density at radius 2 is 2.11 bits per heavy atom. The zero-order valence-electron chi connectivity index (χ0n) is 10.5. The molecule has 102 valence electrons. The Hall–Kier alpha value is -1.47. The van der Waals surface area contributed by atoms with E-state index in [-0.39, 0.29) is 24.1 Å². The van der Waals surface area contributed by atoms with Crippen LogP contribution in [0.3, 0.4) is 0 Å². The SMILES string of the molecule is CC1(C)CC(=O)C([N+](=O)[O-])=C(NC[C@H](O)CO)C1. The number of aliphatic hydroxyl groups excluding tert-OH is 2. The summed E-state index contributed by atoms with van der Waals surface area (Å²) in [5.74, 6) is -0.503. The van der Waals surface area contributed by atoms with E-state index in [1.54, 1.807) is 0 Å². The molecule has 0 saturated carbocycles. The van der Waals surface area contributed by atoms with Crippen LogP contribution in [-0.2, 0) is 4.79 Å². The van der Waals surface area contributed by atoms with Gasteiger partial charge in [0.25, 0.3) is 0 Å². The summed E-state index contributed by atoms with van der Waals surface area (Å²) < 4.78 is 0. The molecule has 0 unspecified atom stereocenters. The first-order chi connectivity index (χ1) is 8.26. The van der Waals surface area contributed by atoms with E-state index in [4.69, 9.17) is 5.11 Å². The predicted octanol–water partition coefficient (Wildman–Crippen LogP) is -0.193. The second kappa shape index (κ2) is 5.45. The molecule has 0 radical (unpaired) electrons. The molecular formula is C11H18N2O5. The summed E-state index contributed by atoms with van der Waals surface area (Å²) >= 11 is 0. The molecule has 0 bridgehead atoms. The molecule has 1 aliphatic rings. The molecule has 18 heavy (non-hydrogen) atoms. The minimum absolute atomic E-state index is 0.0213. The number of Topliss-reactive ketones (excluding diaryl/α,β-unsaturated/α-hetero) is 1. The smallest absolute Gasteiger partial charge is 0.330 e. The van der Waals surface area contributed by atoms with E-state index in [9.17, 15) is 20.0 Å². The Labute approximate surface area is 105 Å². The summed E-state index contributed by atoms with van der Waals surface area (Å²) in [5.41, 5.74) is -0.545. The Morgan fingerprint density at radius 3 is 2.61 bits per heavy atom. The van der Waals surface area contributed by atoms with Crippen LogP contribution in [-0.4, -0.2) is 40.2 Å². The van der Waals surface area contributed by atoms with Gasteiger partial charge in [0.15, 0.2) is 0 Å². The van der Waals surface area contributed by atoms with Gasteiger partial charge in [-0.05, 0) is 11.8 Å². The molecular weight excluding hydrogens is 240 g/mol. The molecule has 1 aliphatic carbocycles. The van der Waals surface area contributed by atoms with Gasteiger partial charge in [-0.3, -0.25) is 14.9 Å². The van der Waals surface area contributed by atoms with Crippen LogP contribution in [0.2, 0.25) is 0 Å². The summed E-state index contributed by atoms with van der Waals surface area (Å²) in [7, 11) is 0. The fourth-order valence-electron chi connectivity index (χ4n) is 1.98. The molecule has 7 nitrogen and oxygen atoms in total. The highest BCUT2D eigenvalue weighted by molar-refractivity contribution is 5.95. The summed E-state index contributed by atoms with van der Waals surface area (Å²) in [6.07, 6.45) is -0.504. The van der Waals surface area contributed by atoms with Crippen molar-refractivity contribution in [3.05, 3.63) is 21.5 Å². The average molecular weight is 258 g/mol. The van der Waals surface area contributed by atoms with Gasteiger partial charge >= 0.3 is 5.70 Å². The van der Waals surface area contributed by atoms with Gasteiger partial charge in [0.1, 0.15) is 0 Å². The van der Waals surface area contributed by atoms with E-state index in [0.717, 1.165) is 0 Å². The number of ketones is 1. The van der Waals surface area contributed by atoms with E-state index in [1.165, 1.54) is 0 Å². The molecule has 0 aromatic carbocycles.